The van der Waals surface area contributed by atoms with Crippen LogP contribution in [0.25, 0.3) is 0 Å². The van der Waals surface area contributed by atoms with Gasteiger partial charge in [-0.2, -0.15) is 0 Å². The Labute approximate surface area is 162 Å². The topological polar surface area (TPSA) is 49.6 Å². The lowest BCUT2D eigenvalue weighted by Crippen LogP contribution is -2.33. The molecule has 0 spiro atoms. The van der Waals surface area contributed by atoms with Gasteiger partial charge in [-0.05, 0) is 61.4 Å². The first-order valence-electron chi connectivity index (χ1n) is 10.1. The summed E-state index contributed by atoms with van der Waals surface area (Å²) in [6.45, 7) is 5.65. The van der Waals surface area contributed by atoms with Gasteiger partial charge in [-0.15, -0.1) is 0 Å². The summed E-state index contributed by atoms with van der Waals surface area (Å²) in [5.74, 6) is 1.24. The summed E-state index contributed by atoms with van der Waals surface area (Å²) in [5.41, 5.74) is 9.43. The number of nitrogens with zero attached hydrogens (tertiary/aromatic N) is 2. The second kappa shape index (κ2) is 7.73. The number of hydrogen-bond acceptors (Lipinski definition) is 3. The Morgan fingerprint density at radius 2 is 1.81 bits per heavy atom. The number of benzene rings is 2. The van der Waals surface area contributed by atoms with Crippen LogP contribution in [-0.4, -0.2) is 36.5 Å². The van der Waals surface area contributed by atoms with E-state index in [1.54, 1.807) is 0 Å². The number of nitrogens with two attached hydrogens (primary N) is 1. The average molecular weight is 364 g/mol. The summed E-state index contributed by atoms with van der Waals surface area (Å²) < 4.78 is 0. The number of carbonyl (C=O) groups is 1. The van der Waals surface area contributed by atoms with Crippen LogP contribution in [0.5, 0.6) is 0 Å². The molecule has 1 heterocycles. The molecule has 2 aliphatic rings. The number of amides is 1. The highest BCUT2D eigenvalue weighted by Crippen LogP contribution is 2.37. The SMILES string of the molecule is CCN(Cc1ccccc1)c1ccc(C(=O)N2CC3CCC(N)C3C2)cc1. The molecule has 0 radical (unpaired) electrons. The highest BCUT2D eigenvalue weighted by Gasteiger charge is 2.42. The summed E-state index contributed by atoms with van der Waals surface area (Å²) >= 11 is 0. The Balaban J connectivity index is 1.43. The molecule has 0 bridgehead atoms. The zero-order chi connectivity index (χ0) is 18.8. The first kappa shape index (κ1) is 18.1. The summed E-state index contributed by atoms with van der Waals surface area (Å²) in [5, 5.41) is 0. The predicted octanol–water partition coefficient (Wildman–Crippen LogP) is 3.52. The van der Waals surface area contributed by atoms with E-state index in [4.69, 9.17) is 5.73 Å². The molecule has 27 heavy (non-hydrogen) atoms. The first-order valence-corrected chi connectivity index (χ1v) is 10.1. The number of hydrogen-bond donors (Lipinski definition) is 1. The van der Waals surface area contributed by atoms with Gasteiger partial charge in [0, 0.05) is 43.5 Å². The van der Waals surface area contributed by atoms with Gasteiger partial charge in [0.05, 0.1) is 0 Å². The van der Waals surface area contributed by atoms with Crippen molar-refractivity contribution in [3.05, 3.63) is 65.7 Å². The van der Waals surface area contributed by atoms with Crippen LogP contribution < -0.4 is 10.6 Å². The third kappa shape index (κ3) is 3.72. The third-order valence-corrected chi connectivity index (χ3v) is 6.28. The molecule has 1 aliphatic carbocycles. The minimum Gasteiger partial charge on any atom is -0.367 e. The molecule has 3 atom stereocenters. The fourth-order valence-electron chi connectivity index (χ4n) is 4.66. The van der Waals surface area contributed by atoms with Crippen LogP contribution in [0.3, 0.4) is 0 Å². The van der Waals surface area contributed by atoms with E-state index in [-0.39, 0.29) is 11.9 Å². The van der Waals surface area contributed by atoms with Gasteiger partial charge < -0.3 is 15.5 Å². The second-order valence-electron chi connectivity index (χ2n) is 7.92. The number of likely N-dealkylation sites (tertiary alicyclic amines) is 1. The van der Waals surface area contributed by atoms with Gasteiger partial charge in [0.15, 0.2) is 0 Å². The Morgan fingerprint density at radius 1 is 1.07 bits per heavy atom. The van der Waals surface area contributed by atoms with Crippen LogP contribution in [-0.2, 0) is 6.54 Å². The molecule has 142 valence electrons. The molecular weight excluding hydrogens is 334 g/mol. The average Bonchev–Trinajstić information content (AvgIpc) is 3.29. The van der Waals surface area contributed by atoms with Crippen LogP contribution in [0.1, 0.15) is 35.7 Å². The summed E-state index contributed by atoms with van der Waals surface area (Å²) in [6, 6.07) is 18.8. The lowest BCUT2D eigenvalue weighted by atomic mass is 9.98. The van der Waals surface area contributed by atoms with E-state index in [0.717, 1.165) is 43.9 Å². The molecule has 1 saturated carbocycles. The van der Waals surface area contributed by atoms with E-state index in [0.29, 0.717) is 11.8 Å². The molecule has 3 unspecified atom stereocenters. The number of anilines is 1. The van der Waals surface area contributed by atoms with Crippen molar-refractivity contribution < 1.29 is 4.79 Å². The van der Waals surface area contributed by atoms with E-state index in [1.165, 1.54) is 12.0 Å². The highest BCUT2D eigenvalue weighted by atomic mass is 16.2. The highest BCUT2D eigenvalue weighted by molar-refractivity contribution is 5.94. The molecule has 4 rings (SSSR count). The van der Waals surface area contributed by atoms with Crippen molar-refractivity contribution in [3.63, 3.8) is 0 Å². The summed E-state index contributed by atoms with van der Waals surface area (Å²) in [6.07, 6.45) is 2.28. The van der Waals surface area contributed by atoms with Crippen LogP contribution in [0.2, 0.25) is 0 Å². The third-order valence-electron chi connectivity index (χ3n) is 6.28. The molecule has 1 saturated heterocycles. The largest absolute Gasteiger partial charge is 0.367 e. The van der Waals surface area contributed by atoms with E-state index in [9.17, 15) is 4.79 Å². The minimum absolute atomic E-state index is 0.147. The summed E-state index contributed by atoms with van der Waals surface area (Å²) in [4.78, 5) is 17.2. The molecule has 2 aromatic rings. The van der Waals surface area contributed by atoms with E-state index >= 15 is 0 Å². The lowest BCUT2D eigenvalue weighted by molar-refractivity contribution is 0.0779. The van der Waals surface area contributed by atoms with Crippen molar-refractivity contribution >= 4 is 11.6 Å². The zero-order valence-electron chi connectivity index (χ0n) is 16.1. The van der Waals surface area contributed by atoms with Crippen LogP contribution in [0.15, 0.2) is 54.6 Å². The molecule has 2 fully saturated rings. The Hall–Kier alpha value is -2.33. The number of fused-ring (bicyclic) bond motifs is 1. The molecule has 0 aromatic heterocycles. The van der Waals surface area contributed by atoms with Gasteiger partial charge in [-0.3, -0.25) is 4.79 Å². The monoisotopic (exact) mass is 363 g/mol. The molecule has 4 nitrogen and oxygen atoms in total. The van der Waals surface area contributed by atoms with E-state index in [1.807, 2.05) is 23.1 Å². The maximum absolute atomic E-state index is 12.9. The Bertz CT molecular complexity index is 774. The maximum Gasteiger partial charge on any atom is 0.253 e. The number of carbonyl (C=O) groups excluding carboxylic acids is 1. The molecule has 2 N–H and O–H groups in total. The molecule has 1 amide bonds. The van der Waals surface area contributed by atoms with Crippen molar-refractivity contribution in [1.29, 1.82) is 0 Å². The van der Waals surface area contributed by atoms with Gasteiger partial charge in [-0.25, -0.2) is 0 Å². The Morgan fingerprint density at radius 3 is 2.48 bits per heavy atom. The second-order valence-corrected chi connectivity index (χ2v) is 7.92. The van der Waals surface area contributed by atoms with Crippen LogP contribution >= 0.6 is 0 Å². The zero-order valence-corrected chi connectivity index (χ0v) is 16.1. The van der Waals surface area contributed by atoms with Gasteiger partial charge in [0.1, 0.15) is 0 Å². The predicted molar refractivity (Wildman–Crippen MR) is 110 cm³/mol. The van der Waals surface area contributed by atoms with Crippen LogP contribution in [0.4, 0.5) is 5.69 Å². The Kier molecular flexibility index (Phi) is 5.17. The van der Waals surface area contributed by atoms with Crippen molar-refractivity contribution in [2.75, 3.05) is 24.5 Å². The van der Waals surface area contributed by atoms with Crippen molar-refractivity contribution in [3.8, 4) is 0 Å². The van der Waals surface area contributed by atoms with Gasteiger partial charge in [0.25, 0.3) is 5.91 Å². The normalized spacial score (nSPS) is 24.1. The minimum atomic E-state index is 0.147. The van der Waals surface area contributed by atoms with Gasteiger partial charge >= 0.3 is 0 Å². The van der Waals surface area contributed by atoms with Gasteiger partial charge in [-0.1, -0.05) is 30.3 Å². The standard InChI is InChI=1S/C23H29N3O/c1-2-25(14-17-6-4-3-5-7-17)20-11-8-18(9-12-20)23(27)26-15-19-10-13-22(24)21(19)16-26/h3-9,11-12,19,21-22H,2,10,13-16,24H2,1H3. The fraction of sp³-hybridized carbons (Fsp3) is 0.435. The van der Waals surface area contributed by atoms with Crippen molar-refractivity contribution in [2.24, 2.45) is 17.6 Å². The summed E-state index contributed by atoms with van der Waals surface area (Å²) in [7, 11) is 0. The van der Waals surface area contributed by atoms with Crippen LogP contribution in [0, 0.1) is 11.8 Å². The molecule has 4 heteroatoms. The molecule has 1 aliphatic heterocycles. The van der Waals surface area contributed by atoms with Gasteiger partial charge in [0.2, 0.25) is 0 Å². The molecular formula is C23H29N3O. The lowest BCUT2D eigenvalue weighted by Gasteiger charge is -2.24. The number of rotatable bonds is 5. The van der Waals surface area contributed by atoms with Crippen molar-refractivity contribution in [2.45, 2.75) is 32.4 Å². The fourth-order valence-corrected chi connectivity index (χ4v) is 4.66. The quantitative estimate of drug-likeness (QED) is 0.884. The smallest absolute Gasteiger partial charge is 0.253 e. The van der Waals surface area contributed by atoms with E-state index < -0.39 is 0 Å². The molecule has 2 aromatic carbocycles. The first-order chi connectivity index (χ1) is 13.2. The van der Waals surface area contributed by atoms with E-state index in [2.05, 4.69) is 48.2 Å². The van der Waals surface area contributed by atoms with Crippen molar-refractivity contribution in [1.82, 2.24) is 4.90 Å². The maximum atomic E-state index is 12.9.